The fourth-order valence-corrected chi connectivity index (χ4v) is 1.76. The molecule has 3 nitrogen and oxygen atoms in total. The number of anilines is 1. The molecule has 0 atom stereocenters. The molecule has 13 heavy (non-hydrogen) atoms. The highest BCUT2D eigenvalue weighted by Gasteiger charge is 2.14. The molecule has 1 aromatic rings. The van der Waals surface area contributed by atoms with Crippen molar-refractivity contribution in [1.29, 1.82) is 0 Å². The maximum absolute atomic E-state index is 10.6. The van der Waals surface area contributed by atoms with Crippen molar-refractivity contribution >= 4 is 5.69 Å². The van der Waals surface area contributed by atoms with Gasteiger partial charge in [0.15, 0.2) is 0 Å². The molecular weight excluding hydrogens is 164 g/mol. The lowest BCUT2D eigenvalue weighted by atomic mass is 10.1. The Morgan fingerprint density at radius 2 is 2.08 bits per heavy atom. The van der Waals surface area contributed by atoms with E-state index in [0.717, 1.165) is 31.5 Å². The third kappa shape index (κ3) is 1.54. The van der Waals surface area contributed by atoms with Crippen LogP contribution in [0.4, 0.5) is 5.69 Å². The standard InChI is InChI=1S/C10H12N2O/c13-11-12-8-4-3-6-9-5-1-2-7-10(9)12/h1-2,5,7H,3-4,6,8H2. The van der Waals surface area contributed by atoms with Crippen LogP contribution in [0.1, 0.15) is 18.4 Å². The molecule has 3 heteroatoms. The first kappa shape index (κ1) is 8.23. The van der Waals surface area contributed by atoms with Gasteiger partial charge in [-0.1, -0.05) is 18.2 Å². The van der Waals surface area contributed by atoms with Gasteiger partial charge in [0.05, 0.1) is 11.0 Å². The fraction of sp³-hybridized carbons (Fsp3) is 0.400. The summed E-state index contributed by atoms with van der Waals surface area (Å²) >= 11 is 0. The molecule has 0 radical (unpaired) electrons. The van der Waals surface area contributed by atoms with Crippen molar-refractivity contribution < 1.29 is 0 Å². The van der Waals surface area contributed by atoms with Crippen LogP contribution in [-0.2, 0) is 6.42 Å². The van der Waals surface area contributed by atoms with E-state index in [0.29, 0.717) is 0 Å². The molecule has 0 unspecified atom stereocenters. The average Bonchev–Trinajstić information content (AvgIpc) is 2.39. The summed E-state index contributed by atoms with van der Waals surface area (Å²) < 4.78 is 0. The normalized spacial score (nSPS) is 16.2. The first-order valence-corrected chi connectivity index (χ1v) is 4.60. The minimum absolute atomic E-state index is 0.751. The molecule has 0 amide bonds. The Kier molecular flexibility index (Phi) is 2.25. The third-order valence-electron chi connectivity index (χ3n) is 2.43. The molecule has 0 fully saturated rings. The highest BCUT2D eigenvalue weighted by molar-refractivity contribution is 5.53. The molecule has 0 aliphatic carbocycles. The minimum atomic E-state index is 0.751. The summed E-state index contributed by atoms with van der Waals surface area (Å²) in [6.45, 7) is 0.751. The van der Waals surface area contributed by atoms with Gasteiger partial charge in [-0.15, -0.1) is 4.91 Å². The zero-order valence-electron chi connectivity index (χ0n) is 7.44. The van der Waals surface area contributed by atoms with Crippen LogP contribution in [0.15, 0.2) is 29.6 Å². The zero-order chi connectivity index (χ0) is 9.10. The molecule has 1 aliphatic rings. The Morgan fingerprint density at radius 1 is 1.23 bits per heavy atom. The first-order valence-electron chi connectivity index (χ1n) is 4.60. The van der Waals surface area contributed by atoms with E-state index in [4.69, 9.17) is 0 Å². The topological polar surface area (TPSA) is 32.7 Å². The van der Waals surface area contributed by atoms with Crippen LogP contribution in [0.2, 0.25) is 0 Å². The van der Waals surface area contributed by atoms with Gasteiger partial charge < -0.3 is 0 Å². The van der Waals surface area contributed by atoms with Crippen molar-refractivity contribution in [2.45, 2.75) is 19.3 Å². The van der Waals surface area contributed by atoms with E-state index in [-0.39, 0.29) is 0 Å². The molecular formula is C10H12N2O. The number of hydrogen-bond donors (Lipinski definition) is 0. The van der Waals surface area contributed by atoms with Crippen LogP contribution < -0.4 is 5.01 Å². The van der Waals surface area contributed by atoms with Crippen LogP contribution in [-0.4, -0.2) is 6.54 Å². The predicted molar refractivity (Wildman–Crippen MR) is 52.5 cm³/mol. The van der Waals surface area contributed by atoms with Crippen LogP contribution in [0.5, 0.6) is 0 Å². The predicted octanol–water partition coefficient (Wildman–Crippen LogP) is 2.51. The number of nitroso groups, excluding NO2 is 1. The lowest BCUT2D eigenvalue weighted by Gasteiger charge is -2.14. The molecule has 0 saturated carbocycles. The maximum Gasteiger partial charge on any atom is 0.0658 e. The molecule has 0 aromatic heterocycles. The Labute approximate surface area is 77.3 Å². The number of para-hydroxylation sites is 1. The van der Waals surface area contributed by atoms with Crippen molar-refractivity contribution in [3.8, 4) is 0 Å². The van der Waals surface area contributed by atoms with Crippen LogP contribution >= 0.6 is 0 Å². The van der Waals surface area contributed by atoms with E-state index in [1.807, 2.05) is 18.2 Å². The monoisotopic (exact) mass is 176 g/mol. The van der Waals surface area contributed by atoms with Crippen LogP contribution in [0.3, 0.4) is 0 Å². The van der Waals surface area contributed by atoms with Crippen LogP contribution in [0, 0.1) is 4.91 Å². The summed E-state index contributed by atoms with van der Waals surface area (Å²) in [5, 5.41) is 4.59. The molecule has 0 spiro atoms. The molecule has 0 bridgehead atoms. The number of rotatable bonds is 1. The second-order valence-corrected chi connectivity index (χ2v) is 3.29. The Hall–Kier alpha value is -1.38. The van der Waals surface area contributed by atoms with Gasteiger partial charge in [-0.3, -0.25) is 0 Å². The summed E-state index contributed by atoms with van der Waals surface area (Å²) in [4.78, 5) is 10.6. The van der Waals surface area contributed by atoms with Crippen molar-refractivity contribution in [3.05, 3.63) is 34.7 Å². The van der Waals surface area contributed by atoms with Gasteiger partial charge in [0.2, 0.25) is 0 Å². The fourth-order valence-electron chi connectivity index (χ4n) is 1.76. The smallest absolute Gasteiger partial charge is 0.0658 e. The molecule has 68 valence electrons. The second-order valence-electron chi connectivity index (χ2n) is 3.29. The summed E-state index contributed by atoms with van der Waals surface area (Å²) in [5.74, 6) is 0. The highest BCUT2D eigenvalue weighted by Crippen LogP contribution is 2.25. The van der Waals surface area contributed by atoms with Gasteiger partial charge in [0, 0.05) is 6.54 Å². The van der Waals surface area contributed by atoms with Gasteiger partial charge in [0.1, 0.15) is 0 Å². The molecule has 1 aliphatic heterocycles. The summed E-state index contributed by atoms with van der Waals surface area (Å²) in [6.07, 6.45) is 3.24. The van der Waals surface area contributed by atoms with Gasteiger partial charge in [-0.25, -0.2) is 5.01 Å². The second kappa shape index (κ2) is 3.56. The summed E-state index contributed by atoms with van der Waals surface area (Å²) in [7, 11) is 0. The lowest BCUT2D eigenvalue weighted by molar-refractivity contribution is 0.730. The Morgan fingerprint density at radius 3 is 2.92 bits per heavy atom. The average molecular weight is 176 g/mol. The Balaban J connectivity index is 2.41. The number of benzene rings is 1. The summed E-state index contributed by atoms with van der Waals surface area (Å²) in [5.41, 5.74) is 2.22. The van der Waals surface area contributed by atoms with Crippen molar-refractivity contribution in [3.63, 3.8) is 0 Å². The largest absolute Gasteiger partial charge is 0.229 e. The lowest BCUT2D eigenvalue weighted by Crippen LogP contribution is -2.15. The van der Waals surface area contributed by atoms with E-state index in [1.54, 1.807) is 5.01 Å². The third-order valence-corrected chi connectivity index (χ3v) is 2.43. The van der Waals surface area contributed by atoms with Gasteiger partial charge in [-0.05, 0) is 30.9 Å². The first-order chi connectivity index (χ1) is 6.42. The van der Waals surface area contributed by atoms with E-state index in [9.17, 15) is 4.91 Å². The number of hydrogen-bond acceptors (Lipinski definition) is 2. The number of nitrogens with zero attached hydrogens (tertiary/aromatic N) is 2. The molecule has 1 aromatic carbocycles. The van der Waals surface area contributed by atoms with Crippen molar-refractivity contribution in [2.24, 2.45) is 5.29 Å². The molecule has 0 N–H and O–H groups in total. The van der Waals surface area contributed by atoms with Crippen molar-refractivity contribution in [2.75, 3.05) is 11.6 Å². The van der Waals surface area contributed by atoms with E-state index in [1.165, 1.54) is 5.56 Å². The maximum atomic E-state index is 10.6. The summed E-state index contributed by atoms with van der Waals surface area (Å²) in [6, 6.07) is 7.98. The highest BCUT2D eigenvalue weighted by atomic mass is 16.3. The SMILES string of the molecule is O=NN1CCCCc2ccccc21. The van der Waals surface area contributed by atoms with E-state index in [2.05, 4.69) is 11.4 Å². The Bertz CT molecular complexity index is 312. The van der Waals surface area contributed by atoms with Crippen LogP contribution in [0.25, 0.3) is 0 Å². The van der Waals surface area contributed by atoms with Crippen molar-refractivity contribution in [1.82, 2.24) is 0 Å². The van der Waals surface area contributed by atoms with Gasteiger partial charge in [-0.2, -0.15) is 0 Å². The number of aryl methyl sites for hydroxylation is 1. The molecule has 2 rings (SSSR count). The molecule has 0 saturated heterocycles. The van der Waals surface area contributed by atoms with Gasteiger partial charge >= 0.3 is 0 Å². The quantitative estimate of drug-likeness (QED) is 0.616. The zero-order valence-corrected chi connectivity index (χ0v) is 7.44. The minimum Gasteiger partial charge on any atom is -0.229 e. The van der Waals surface area contributed by atoms with Gasteiger partial charge in [0.25, 0.3) is 0 Å². The van der Waals surface area contributed by atoms with E-state index >= 15 is 0 Å². The molecule has 1 heterocycles. The van der Waals surface area contributed by atoms with E-state index < -0.39 is 0 Å². The number of fused-ring (bicyclic) bond motifs is 1.